The minimum atomic E-state index is -4.35. The molecule has 0 radical (unpaired) electrons. The Hall–Kier alpha value is -2.28. The van der Waals surface area contributed by atoms with Crippen molar-refractivity contribution in [2.24, 2.45) is 0 Å². The molecular weight excluding hydrogens is 401 g/mol. The van der Waals surface area contributed by atoms with Crippen LogP contribution >= 0.6 is 0 Å². The summed E-state index contributed by atoms with van der Waals surface area (Å²) in [5, 5.41) is 0. The van der Waals surface area contributed by atoms with E-state index in [0.717, 1.165) is 38.3 Å². The van der Waals surface area contributed by atoms with Gasteiger partial charge in [0.15, 0.2) is 0 Å². The summed E-state index contributed by atoms with van der Waals surface area (Å²) in [6.07, 6.45) is 1.33. The van der Waals surface area contributed by atoms with Crippen molar-refractivity contribution < 1.29 is 13.2 Å². The summed E-state index contributed by atoms with van der Waals surface area (Å²) in [6.45, 7) is 7.24. The highest BCUT2D eigenvalue weighted by atomic mass is 19.4. The van der Waals surface area contributed by atoms with Gasteiger partial charge in [0.05, 0.1) is 5.56 Å². The van der Waals surface area contributed by atoms with E-state index in [1.807, 2.05) is 0 Å². The first-order valence-electron chi connectivity index (χ1n) is 11.3. The van der Waals surface area contributed by atoms with Gasteiger partial charge in [-0.15, -0.1) is 0 Å². The Balaban J connectivity index is 1.26. The van der Waals surface area contributed by atoms with Gasteiger partial charge in [0, 0.05) is 50.1 Å². The van der Waals surface area contributed by atoms with Gasteiger partial charge in [0.25, 0.3) is 0 Å². The third-order valence-corrected chi connectivity index (χ3v) is 7.20. The van der Waals surface area contributed by atoms with Crippen molar-refractivity contribution in [3.8, 4) is 0 Å². The number of anilines is 2. The molecule has 2 fully saturated rings. The standard InChI is InChI=1S/C24H29F3N4/c1-17-3-2-10-31(17)22-9-12-29(16-22)21-6-4-19-15-30(11-8-18(19)13-21)23-7-5-20(14-28-23)24(25,26)27/h4-7,13-14,17,22H,2-3,8-12,15-16H2,1H3. The molecule has 2 atom stereocenters. The highest BCUT2D eigenvalue weighted by Gasteiger charge is 2.33. The van der Waals surface area contributed by atoms with Crippen molar-refractivity contribution in [2.75, 3.05) is 36.0 Å². The maximum Gasteiger partial charge on any atom is 0.417 e. The second kappa shape index (κ2) is 8.01. The number of hydrogen-bond acceptors (Lipinski definition) is 4. The predicted octanol–water partition coefficient (Wildman–Crippen LogP) is 4.73. The summed E-state index contributed by atoms with van der Waals surface area (Å²) in [5.74, 6) is 0.602. The molecule has 0 amide bonds. The van der Waals surface area contributed by atoms with Gasteiger partial charge in [-0.1, -0.05) is 6.07 Å². The van der Waals surface area contributed by atoms with Crippen LogP contribution in [0.1, 0.15) is 42.9 Å². The van der Waals surface area contributed by atoms with Gasteiger partial charge < -0.3 is 9.80 Å². The average molecular weight is 431 g/mol. The lowest BCUT2D eigenvalue weighted by Gasteiger charge is -2.31. The van der Waals surface area contributed by atoms with Crippen molar-refractivity contribution in [1.29, 1.82) is 0 Å². The Morgan fingerprint density at radius 3 is 2.55 bits per heavy atom. The van der Waals surface area contributed by atoms with E-state index in [2.05, 4.69) is 44.8 Å². The Kier molecular flexibility index (Phi) is 5.32. The van der Waals surface area contributed by atoms with E-state index in [-0.39, 0.29) is 0 Å². The monoisotopic (exact) mass is 430 g/mol. The Bertz CT molecular complexity index is 927. The van der Waals surface area contributed by atoms with E-state index in [1.54, 1.807) is 0 Å². The molecule has 2 aromatic rings. The molecule has 4 nitrogen and oxygen atoms in total. The molecule has 0 spiro atoms. The molecular formula is C24H29F3N4. The van der Waals surface area contributed by atoms with Crippen LogP contribution in [0.25, 0.3) is 0 Å². The van der Waals surface area contributed by atoms with Crippen LogP contribution in [0.2, 0.25) is 0 Å². The topological polar surface area (TPSA) is 22.6 Å². The zero-order chi connectivity index (χ0) is 21.6. The van der Waals surface area contributed by atoms with Crippen LogP contribution in [-0.2, 0) is 19.1 Å². The normalized spacial score (nSPS) is 24.6. The minimum Gasteiger partial charge on any atom is -0.370 e. The van der Waals surface area contributed by atoms with Crippen LogP contribution in [0.5, 0.6) is 0 Å². The van der Waals surface area contributed by atoms with Crippen LogP contribution in [-0.4, -0.2) is 48.1 Å². The second-order valence-corrected chi connectivity index (χ2v) is 9.14. The number of nitrogens with zero attached hydrogens (tertiary/aromatic N) is 4. The molecule has 2 saturated heterocycles. The first-order chi connectivity index (χ1) is 14.9. The fourth-order valence-electron chi connectivity index (χ4n) is 5.42. The van der Waals surface area contributed by atoms with Gasteiger partial charge in [0.2, 0.25) is 0 Å². The average Bonchev–Trinajstić information content (AvgIpc) is 3.41. The maximum absolute atomic E-state index is 12.8. The number of hydrogen-bond donors (Lipinski definition) is 0. The number of rotatable bonds is 3. The first-order valence-corrected chi connectivity index (χ1v) is 11.3. The van der Waals surface area contributed by atoms with Gasteiger partial charge in [-0.25, -0.2) is 4.98 Å². The van der Waals surface area contributed by atoms with Crippen molar-refractivity contribution in [1.82, 2.24) is 9.88 Å². The molecule has 0 bridgehead atoms. The lowest BCUT2D eigenvalue weighted by Crippen LogP contribution is -2.39. The van der Waals surface area contributed by atoms with Gasteiger partial charge >= 0.3 is 6.18 Å². The second-order valence-electron chi connectivity index (χ2n) is 9.14. The zero-order valence-corrected chi connectivity index (χ0v) is 17.9. The first kappa shape index (κ1) is 20.6. The molecule has 0 aliphatic carbocycles. The van der Waals surface area contributed by atoms with Crippen LogP contribution < -0.4 is 9.80 Å². The Labute approximate surface area is 181 Å². The van der Waals surface area contributed by atoms with Crippen molar-refractivity contribution in [3.63, 3.8) is 0 Å². The van der Waals surface area contributed by atoms with Gasteiger partial charge in [-0.3, -0.25) is 4.90 Å². The van der Waals surface area contributed by atoms with Gasteiger partial charge in [-0.05, 0) is 74.5 Å². The van der Waals surface area contributed by atoms with Crippen molar-refractivity contribution >= 4 is 11.5 Å². The lowest BCUT2D eigenvalue weighted by molar-refractivity contribution is -0.137. The molecule has 0 N–H and O–H groups in total. The lowest BCUT2D eigenvalue weighted by atomic mass is 9.98. The summed E-state index contributed by atoms with van der Waals surface area (Å²) in [4.78, 5) is 11.3. The van der Waals surface area contributed by atoms with Crippen LogP contribution in [0.15, 0.2) is 36.5 Å². The molecule has 0 saturated carbocycles. The van der Waals surface area contributed by atoms with Crippen LogP contribution in [0.4, 0.5) is 24.7 Å². The van der Waals surface area contributed by atoms with E-state index in [1.165, 1.54) is 48.7 Å². The quantitative estimate of drug-likeness (QED) is 0.702. The molecule has 3 aliphatic rings. The van der Waals surface area contributed by atoms with Gasteiger partial charge in [-0.2, -0.15) is 13.2 Å². The third kappa shape index (κ3) is 4.12. The highest BCUT2D eigenvalue weighted by molar-refractivity contribution is 5.54. The summed E-state index contributed by atoms with van der Waals surface area (Å²) in [7, 11) is 0. The number of benzene rings is 1. The molecule has 4 heterocycles. The summed E-state index contributed by atoms with van der Waals surface area (Å²) >= 11 is 0. The molecule has 1 aromatic carbocycles. The summed E-state index contributed by atoms with van der Waals surface area (Å²) in [5.41, 5.74) is 3.18. The molecule has 2 unspecified atom stereocenters. The molecule has 166 valence electrons. The Morgan fingerprint density at radius 2 is 1.84 bits per heavy atom. The SMILES string of the molecule is CC1CCCN1C1CCN(c2ccc3c(c2)CCN(c2ccc(C(F)(F)F)cn2)C3)C1. The Morgan fingerprint density at radius 1 is 0.968 bits per heavy atom. The van der Waals surface area contributed by atoms with Crippen LogP contribution in [0, 0.1) is 0 Å². The molecule has 5 rings (SSSR count). The smallest absolute Gasteiger partial charge is 0.370 e. The molecule has 1 aromatic heterocycles. The minimum absolute atomic E-state index is 0.602. The summed E-state index contributed by atoms with van der Waals surface area (Å²) < 4.78 is 38.4. The number of pyridine rings is 1. The van der Waals surface area contributed by atoms with E-state index in [4.69, 9.17) is 0 Å². The number of aromatic nitrogens is 1. The predicted molar refractivity (Wildman–Crippen MR) is 116 cm³/mol. The van der Waals surface area contributed by atoms with E-state index in [0.29, 0.717) is 24.4 Å². The number of alkyl halides is 3. The zero-order valence-electron chi connectivity index (χ0n) is 17.9. The highest BCUT2D eigenvalue weighted by Crippen LogP contribution is 2.33. The van der Waals surface area contributed by atoms with E-state index >= 15 is 0 Å². The van der Waals surface area contributed by atoms with Crippen molar-refractivity contribution in [2.45, 2.75) is 57.4 Å². The fraction of sp³-hybridized carbons (Fsp3) is 0.542. The maximum atomic E-state index is 12.8. The van der Waals surface area contributed by atoms with E-state index < -0.39 is 11.7 Å². The molecule has 31 heavy (non-hydrogen) atoms. The third-order valence-electron chi connectivity index (χ3n) is 7.20. The fourth-order valence-corrected chi connectivity index (χ4v) is 5.42. The van der Waals surface area contributed by atoms with E-state index in [9.17, 15) is 13.2 Å². The van der Waals surface area contributed by atoms with Gasteiger partial charge in [0.1, 0.15) is 5.82 Å². The number of likely N-dealkylation sites (tertiary alicyclic amines) is 1. The van der Waals surface area contributed by atoms with Crippen molar-refractivity contribution in [3.05, 3.63) is 53.2 Å². The number of halogens is 3. The van der Waals surface area contributed by atoms with Crippen LogP contribution in [0.3, 0.4) is 0 Å². The molecule has 3 aliphatic heterocycles. The number of fused-ring (bicyclic) bond motifs is 1. The largest absolute Gasteiger partial charge is 0.417 e. The molecule has 7 heteroatoms. The summed E-state index contributed by atoms with van der Waals surface area (Å²) in [6, 6.07) is 10.7.